The number of hydrogen-bond acceptors (Lipinski definition) is 6. The van der Waals surface area contributed by atoms with Crippen molar-refractivity contribution in [1.29, 1.82) is 0 Å². The monoisotopic (exact) mass is 407 g/mol. The van der Waals surface area contributed by atoms with Crippen LogP contribution in [0.1, 0.15) is 38.3 Å². The highest BCUT2D eigenvalue weighted by Gasteiger charge is 2.45. The van der Waals surface area contributed by atoms with Crippen LogP contribution in [0.3, 0.4) is 0 Å². The van der Waals surface area contributed by atoms with Gasteiger partial charge in [-0.05, 0) is 43.7 Å². The van der Waals surface area contributed by atoms with E-state index in [0.29, 0.717) is 10.7 Å². The first-order valence-electron chi connectivity index (χ1n) is 8.89. The summed E-state index contributed by atoms with van der Waals surface area (Å²) in [6.07, 6.45) is 3.21. The second-order valence-corrected chi connectivity index (χ2v) is 8.00. The molecule has 0 N–H and O–H groups in total. The van der Waals surface area contributed by atoms with E-state index in [9.17, 15) is 14.0 Å². The summed E-state index contributed by atoms with van der Waals surface area (Å²) in [5.74, 6) is -1.05. The summed E-state index contributed by atoms with van der Waals surface area (Å²) in [5, 5.41) is 0.568. The fourth-order valence-electron chi connectivity index (χ4n) is 3.55. The van der Waals surface area contributed by atoms with Crippen LogP contribution in [0.5, 0.6) is 0 Å². The SMILES string of the molecule is Cc1nc(N2C(=O)c3oc4ccc(F)cc4c(=O)c3C2c2cccnc2)sc1C. The number of carbonyl (C=O) groups is 1. The Labute approximate surface area is 168 Å². The zero-order valence-electron chi connectivity index (χ0n) is 15.5. The average Bonchev–Trinajstić information content (AvgIpc) is 3.20. The van der Waals surface area contributed by atoms with Gasteiger partial charge >= 0.3 is 0 Å². The van der Waals surface area contributed by atoms with Gasteiger partial charge in [0.05, 0.1) is 22.7 Å². The van der Waals surface area contributed by atoms with Gasteiger partial charge in [0.2, 0.25) is 5.76 Å². The first-order chi connectivity index (χ1) is 14.0. The molecule has 0 bridgehead atoms. The van der Waals surface area contributed by atoms with Crippen molar-refractivity contribution in [1.82, 2.24) is 9.97 Å². The van der Waals surface area contributed by atoms with E-state index in [1.807, 2.05) is 13.8 Å². The third-order valence-electron chi connectivity index (χ3n) is 5.06. The molecule has 3 aromatic heterocycles. The second kappa shape index (κ2) is 6.31. The van der Waals surface area contributed by atoms with Gasteiger partial charge in [-0.25, -0.2) is 9.37 Å². The lowest BCUT2D eigenvalue weighted by Crippen LogP contribution is -2.29. The molecule has 0 fully saturated rings. The van der Waals surface area contributed by atoms with Crippen LogP contribution < -0.4 is 10.3 Å². The molecule has 0 spiro atoms. The maximum atomic E-state index is 13.8. The summed E-state index contributed by atoms with van der Waals surface area (Å²) in [6.45, 7) is 3.78. The van der Waals surface area contributed by atoms with Gasteiger partial charge in [0.15, 0.2) is 10.6 Å². The summed E-state index contributed by atoms with van der Waals surface area (Å²) in [4.78, 5) is 37.7. The van der Waals surface area contributed by atoms with Crippen molar-refractivity contribution >= 4 is 33.3 Å². The van der Waals surface area contributed by atoms with E-state index in [4.69, 9.17) is 4.42 Å². The number of nitrogens with zero attached hydrogens (tertiary/aromatic N) is 3. The Bertz CT molecular complexity index is 1330. The van der Waals surface area contributed by atoms with E-state index in [2.05, 4.69) is 9.97 Å². The number of hydrogen-bond donors (Lipinski definition) is 0. The van der Waals surface area contributed by atoms with Gasteiger partial charge in [-0.2, -0.15) is 0 Å². The minimum atomic E-state index is -0.750. The highest BCUT2D eigenvalue weighted by molar-refractivity contribution is 7.15. The smallest absolute Gasteiger partial charge is 0.297 e. The number of benzene rings is 1. The van der Waals surface area contributed by atoms with Crippen LogP contribution in [0.25, 0.3) is 11.0 Å². The molecule has 1 aliphatic heterocycles. The van der Waals surface area contributed by atoms with E-state index in [1.165, 1.54) is 28.4 Å². The van der Waals surface area contributed by atoms with Crippen LogP contribution in [-0.4, -0.2) is 15.9 Å². The zero-order chi connectivity index (χ0) is 20.3. The Balaban J connectivity index is 1.83. The number of fused-ring (bicyclic) bond motifs is 2. The van der Waals surface area contributed by atoms with E-state index < -0.39 is 23.2 Å². The summed E-state index contributed by atoms with van der Waals surface area (Å²) >= 11 is 1.37. The molecular weight excluding hydrogens is 393 g/mol. The van der Waals surface area contributed by atoms with Crippen LogP contribution >= 0.6 is 11.3 Å². The third-order valence-corrected chi connectivity index (χ3v) is 6.13. The lowest BCUT2D eigenvalue weighted by Gasteiger charge is -2.22. The number of aromatic nitrogens is 2. The zero-order valence-corrected chi connectivity index (χ0v) is 16.3. The van der Waals surface area contributed by atoms with Crippen molar-refractivity contribution in [2.45, 2.75) is 19.9 Å². The third kappa shape index (κ3) is 2.60. The van der Waals surface area contributed by atoms with Crippen molar-refractivity contribution < 1.29 is 13.6 Å². The minimum Gasteiger partial charge on any atom is -0.450 e. The second-order valence-electron chi connectivity index (χ2n) is 6.82. The first-order valence-corrected chi connectivity index (χ1v) is 9.71. The number of pyridine rings is 1. The molecule has 1 amide bonds. The molecule has 1 unspecified atom stereocenters. The van der Waals surface area contributed by atoms with Crippen LogP contribution in [0, 0.1) is 19.7 Å². The molecule has 5 rings (SSSR count). The number of anilines is 1. The lowest BCUT2D eigenvalue weighted by molar-refractivity contribution is 0.0971. The van der Waals surface area contributed by atoms with Gasteiger partial charge in [-0.1, -0.05) is 6.07 Å². The van der Waals surface area contributed by atoms with Crippen LogP contribution in [0.4, 0.5) is 9.52 Å². The van der Waals surface area contributed by atoms with Crippen LogP contribution in [0.2, 0.25) is 0 Å². The molecule has 0 saturated carbocycles. The predicted octanol–water partition coefficient (Wildman–Crippen LogP) is 4.15. The minimum absolute atomic E-state index is 0.0477. The summed E-state index contributed by atoms with van der Waals surface area (Å²) in [6, 6.07) is 6.46. The number of amides is 1. The summed E-state index contributed by atoms with van der Waals surface area (Å²) < 4.78 is 19.6. The number of aryl methyl sites for hydroxylation is 2. The first kappa shape index (κ1) is 17.7. The normalized spacial score (nSPS) is 15.9. The largest absolute Gasteiger partial charge is 0.450 e. The lowest BCUT2D eigenvalue weighted by atomic mass is 10.00. The maximum Gasteiger partial charge on any atom is 0.297 e. The number of thiazole rings is 1. The Morgan fingerprint density at radius 2 is 2.03 bits per heavy atom. The van der Waals surface area contributed by atoms with Gasteiger partial charge in [0.25, 0.3) is 5.91 Å². The van der Waals surface area contributed by atoms with Crippen molar-refractivity contribution in [3.8, 4) is 0 Å². The number of carbonyl (C=O) groups excluding carboxylic acids is 1. The molecule has 1 aliphatic rings. The van der Waals surface area contributed by atoms with Gasteiger partial charge in [0.1, 0.15) is 11.4 Å². The molecule has 8 heteroatoms. The molecule has 144 valence electrons. The molecule has 1 atom stereocenters. The predicted molar refractivity (Wildman–Crippen MR) is 107 cm³/mol. The average molecular weight is 407 g/mol. The Morgan fingerprint density at radius 3 is 2.72 bits per heavy atom. The molecule has 4 aromatic rings. The van der Waals surface area contributed by atoms with Crippen molar-refractivity contribution in [3.05, 3.63) is 86.2 Å². The Morgan fingerprint density at radius 1 is 1.21 bits per heavy atom. The van der Waals surface area contributed by atoms with E-state index in [1.54, 1.807) is 24.5 Å². The fourth-order valence-corrected chi connectivity index (χ4v) is 4.49. The topological polar surface area (TPSA) is 76.3 Å². The highest BCUT2D eigenvalue weighted by atomic mass is 32.1. The molecule has 0 radical (unpaired) electrons. The van der Waals surface area contributed by atoms with Crippen molar-refractivity contribution in [2.75, 3.05) is 4.90 Å². The highest BCUT2D eigenvalue weighted by Crippen LogP contribution is 2.42. The Hall–Kier alpha value is -3.39. The van der Waals surface area contributed by atoms with E-state index >= 15 is 0 Å². The summed E-state index contributed by atoms with van der Waals surface area (Å²) in [5.41, 5.74) is 1.36. The molecule has 29 heavy (non-hydrogen) atoms. The molecule has 4 heterocycles. The summed E-state index contributed by atoms with van der Waals surface area (Å²) in [7, 11) is 0. The van der Waals surface area contributed by atoms with Crippen molar-refractivity contribution in [3.63, 3.8) is 0 Å². The number of halogens is 1. The molecule has 0 saturated heterocycles. The standard InChI is InChI=1S/C21H14FN3O3S/c1-10-11(2)29-21(24-10)25-17(12-4-3-7-23-9-12)16-18(26)14-8-13(22)5-6-15(14)28-19(16)20(25)27/h3-9,17H,1-2H3. The molecule has 6 nitrogen and oxygen atoms in total. The Kier molecular flexibility index (Phi) is 3.85. The molecule has 0 aliphatic carbocycles. The fraction of sp³-hybridized carbons (Fsp3) is 0.143. The van der Waals surface area contributed by atoms with Crippen LogP contribution in [-0.2, 0) is 0 Å². The van der Waals surface area contributed by atoms with E-state index in [-0.39, 0.29) is 22.3 Å². The van der Waals surface area contributed by atoms with Gasteiger partial charge < -0.3 is 4.42 Å². The van der Waals surface area contributed by atoms with Crippen molar-refractivity contribution in [2.24, 2.45) is 0 Å². The van der Waals surface area contributed by atoms with Gasteiger partial charge in [-0.3, -0.25) is 19.5 Å². The van der Waals surface area contributed by atoms with Gasteiger partial charge in [-0.15, -0.1) is 11.3 Å². The van der Waals surface area contributed by atoms with Crippen LogP contribution in [0.15, 0.2) is 51.9 Å². The molecule has 1 aromatic carbocycles. The van der Waals surface area contributed by atoms with Gasteiger partial charge in [0, 0.05) is 17.3 Å². The quantitative estimate of drug-likeness (QED) is 0.499. The maximum absolute atomic E-state index is 13.8. The number of rotatable bonds is 2. The molecular formula is C21H14FN3O3S. The van der Waals surface area contributed by atoms with E-state index in [0.717, 1.165) is 16.6 Å².